The Morgan fingerprint density at radius 3 is 2.42 bits per heavy atom. The normalized spacial score (nSPS) is 10.7. The monoisotopic (exact) mass is 380 g/mol. The second-order valence-corrected chi connectivity index (χ2v) is 6.85. The van der Waals surface area contributed by atoms with E-state index in [1.54, 1.807) is 23.5 Å². The molecule has 2 aromatic heterocycles. The molecular formula is C20H13ClN2O2S. The summed E-state index contributed by atoms with van der Waals surface area (Å²) < 4.78 is 5.08. The van der Waals surface area contributed by atoms with Crippen LogP contribution in [0.3, 0.4) is 0 Å². The van der Waals surface area contributed by atoms with E-state index in [2.05, 4.69) is 10.3 Å². The molecule has 2 heterocycles. The summed E-state index contributed by atoms with van der Waals surface area (Å²) in [5.41, 5.74) is 3.61. The van der Waals surface area contributed by atoms with Crippen molar-refractivity contribution < 1.29 is 9.21 Å². The Morgan fingerprint density at radius 2 is 1.73 bits per heavy atom. The van der Waals surface area contributed by atoms with Crippen molar-refractivity contribution in [3.05, 3.63) is 83.1 Å². The van der Waals surface area contributed by atoms with E-state index in [-0.39, 0.29) is 11.7 Å². The quantitative estimate of drug-likeness (QED) is 0.474. The molecule has 4 aromatic rings. The number of benzene rings is 2. The maximum absolute atomic E-state index is 12.0. The molecule has 4 nitrogen and oxygen atoms in total. The molecule has 2 aromatic carbocycles. The highest BCUT2D eigenvalue weighted by Gasteiger charge is 2.10. The van der Waals surface area contributed by atoms with E-state index in [4.69, 9.17) is 16.0 Å². The van der Waals surface area contributed by atoms with Gasteiger partial charge >= 0.3 is 0 Å². The van der Waals surface area contributed by atoms with E-state index in [0.717, 1.165) is 21.8 Å². The first-order chi connectivity index (χ1) is 12.7. The standard InChI is InChI=1S/C20H13ClN2O2S/c21-15-7-3-14(4-8-15)20-23-17(12-26-20)13-5-9-16(10-6-13)22-19(24)18-2-1-11-25-18/h1-12H,(H,22,24). The van der Waals surface area contributed by atoms with Crippen LogP contribution in [0.4, 0.5) is 5.69 Å². The number of amides is 1. The minimum absolute atomic E-state index is 0.276. The minimum atomic E-state index is -0.276. The van der Waals surface area contributed by atoms with Crippen molar-refractivity contribution in [2.24, 2.45) is 0 Å². The minimum Gasteiger partial charge on any atom is -0.459 e. The van der Waals surface area contributed by atoms with Crippen LogP contribution in [0.25, 0.3) is 21.8 Å². The molecule has 0 aliphatic carbocycles. The summed E-state index contributed by atoms with van der Waals surface area (Å²) in [5, 5.41) is 6.45. The first-order valence-corrected chi connectivity index (χ1v) is 9.11. The van der Waals surface area contributed by atoms with Crippen LogP contribution in [0.15, 0.2) is 76.7 Å². The predicted octanol–water partition coefficient (Wildman–Crippen LogP) is 5.98. The lowest BCUT2D eigenvalue weighted by molar-refractivity contribution is 0.0996. The van der Waals surface area contributed by atoms with Crippen LogP contribution in [0.5, 0.6) is 0 Å². The fraction of sp³-hybridized carbons (Fsp3) is 0. The SMILES string of the molecule is O=C(Nc1ccc(-c2csc(-c3ccc(Cl)cc3)n2)cc1)c1ccco1. The number of carbonyl (C=O) groups is 1. The van der Waals surface area contributed by atoms with Gasteiger partial charge in [-0.2, -0.15) is 0 Å². The largest absolute Gasteiger partial charge is 0.459 e. The molecule has 128 valence electrons. The Bertz CT molecular complexity index is 1020. The van der Waals surface area contributed by atoms with Gasteiger partial charge < -0.3 is 9.73 Å². The Hall–Kier alpha value is -2.89. The number of aromatic nitrogens is 1. The summed E-state index contributed by atoms with van der Waals surface area (Å²) in [4.78, 5) is 16.7. The van der Waals surface area contributed by atoms with Gasteiger partial charge in [-0.25, -0.2) is 4.98 Å². The van der Waals surface area contributed by atoms with Gasteiger partial charge in [0.25, 0.3) is 5.91 Å². The van der Waals surface area contributed by atoms with Crippen LogP contribution in [-0.4, -0.2) is 10.9 Å². The zero-order valence-electron chi connectivity index (χ0n) is 13.5. The number of halogens is 1. The van der Waals surface area contributed by atoms with Gasteiger partial charge in [0, 0.05) is 27.2 Å². The zero-order chi connectivity index (χ0) is 17.9. The van der Waals surface area contributed by atoms with Crippen molar-refractivity contribution in [2.45, 2.75) is 0 Å². The molecule has 6 heteroatoms. The van der Waals surface area contributed by atoms with Crippen LogP contribution < -0.4 is 5.32 Å². The molecule has 1 amide bonds. The Morgan fingerprint density at radius 1 is 1.00 bits per heavy atom. The van der Waals surface area contributed by atoms with Crippen LogP contribution in [0.1, 0.15) is 10.6 Å². The predicted molar refractivity (Wildman–Crippen MR) is 105 cm³/mol. The highest BCUT2D eigenvalue weighted by Crippen LogP contribution is 2.30. The lowest BCUT2D eigenvalue weighted by Gasteiger charge is -2.04. The fourth-order valence-corrected chi connectivity index (χ4v) is 3.42. The number of anilines is 1. The Kier molecular flexibility index (Phi) is 4.56. The molecule has 0 aliphatic heterocycles. The summed E-state index contributed by atoms with van der Waals surface area (Å²) in [6.07, 6.45) is 1.47. The number of rotatable bonds is 4. The summed E-state index contributed by atoms with van der Waals surface area (Å²) >= 11 is 7.51. The van der Waals surface area contributed by atoms with Crippen LogP contribution >= 0.6 is 22.9 Å². The lowest BCUT2D eigenvalue weighted by atomic mass is 10.1. The number of hydrogen-bond donors (Lipinski definition) is 1. The van der Waals surface area contributed by atoms with Crippen molar-refractivity contribution in [3.8, 4) is 21.8 Å². The highest BCUT2D eigenvalue weighted by atomic mass is 35.5. The molecular weight excluding hydrogens is 368 g/mol. The fourth-order valence-electron chi connectivity index (χ4n) is 2.46. The van der Waals surface area contributed by atoms with Gasteiger partial charge in [-0.05, 0) is 36.4 Å². The second-order valence-electron chi connectivity index (χ2n) is 5.55. The average molecular weight is 381 g/mol. The molecule has 0 atom stereocenters. The Balaban J connectivity index is 1.50. The molecule has 0 unspecified atom stereocenters. The van der Waals surface area contributed by atoms with Gasteiger partial charge in [0.2, 0.25) is 0 Å². The third-order valence-corrected chi connectivity index (χ3v) is 4.92. The molecule has 0 spiro atoms. The van der Waals surface area contributed by atoms with Gasteiger partial charge in [0.1, 0.15) is 5.01 Å². The molecule has 0 saturated carbocycles. The summed E-state index contributed by atoms with van der Waals surface area (Å²) in [5.74, 6) is 0.00242. The van der Waals surface area contributed by atoms with Gasteiger partial charge in [-0.1, -0.05) is 35.9 Å². The van der Waals surface area contributed by atoms with E-state index in [1.165, 1.54) is 6.26 Å². The first-order valence-electron chi connectivity index (χ1n) is 7.86. The van der Waals surface area contributed by atoms with Gasteiger partial charge in [-0.3, -0.25) is 4.79 Å². The topological polar surface area (TPSA) is 55.1 Å². The number of carbonyl (C=O) groups excluding carboxylic acids is 1. The molecule has 0 fully saturated rings. The molecule has 0 radical (unpaired) electrons. The van der Waals surface area contributed by atoms with Gasteiger partial charge in [-0.15, -0.1) is 11.3 Å². The highest BCUT2D eigenvalue weighted by molar-refractivity contribution is 7.13. The zero-order valence-corrected chi connectivity index (χ0v) is 15.1. The van der Waals surface area contributed by atoms with Crippen molar-refractivity contribution >= 4 is 34.5 Å². The molecule has 4 rings (SSSR count). The molecule has 0 aliphatic rings. The number of thiazole rings is 1. The number of nitrogens with one attached hydrogen (secondary N) is 1. The second kappa shape index (κ2) is 7.15. The maximum atomic E-state index is 12.0. The van der Waals surface area contributed by atoms with Crippen molar-refractivity contribution in [1.82, 2.24) is 4.98 Å². The molecule has 0 saturated heterocycles. The van der Waals surface area contributed by atoms with Crippen molar-refractivity contribution in [2.75, 3.05) is 5.32 Å². The Labute approximate surface area is 159 Å². The maximum Gasteiger partial charge on any atom is 0.291 e. The average Bonchev–Trinajstić information content (AvgIpc) is 3.35. The first kappa shape index (κ1) is 16.6. The number of furan rings is 1. The smallest absolute Gasteiger partial charge is 0.291 e. The molecule has 0 bridgehead atoms. The summed E-state index contributed by atoms with van der Waals surface area (Å²) in [6.45, 7) is 0. The van der Waals surface area contributed by atoms with E-state index in [1.807, 2.05) is 53.9 Å². The van der Waals surface area contributed by atoms with Gasteiger partial charge in [0.05, 0.1) is 12.0 Å². The number of hydrogen-bond acceptors (Lipinski definition) is 4. The summed E-state index contributed by atoms with van der Waals surface area (Å²) in [7, 11) is 0. The van der Waals surface area contributed by atoms with E-state index in [9.17, 15) is 4.79 Å². The van der Waals surface area contributed by atoms with E-state index in [0.29, 0.717) is 10.7 Å². The number of nitrogens with zero attached hydrogens (tertiary/aromatic N) is 1. The van der Waals surface area contributed by atoms with Gasteiger partial charge in [0.15, 0.2) is 5.76 Å². The third kappa shape index (κ3) is 3.54. The molecule has 26 heavy (non-hydrogen) atoms. The van der Waals surface area contributed by atoms with Crippen LogP contribution in [-0.2, 0) is 0 Å². The van der Waals surface area contributed by atoms with Crippen molar-refractivity contribution in [1.29, 1.82) is 0 Å². The summed E-state index contributed by atoms with van der Waals surface area (Å²) in [6, 6.07) is 18.5. The van der Waals surface area contributed by atoms with Crippen LogP contribution in [0, 0.1) is 0 Å². The van der Waals surface area contributed by atoms with E-state index >= 15 is 0 Å². The van der Waals surface area contributed by atoms with Crippen LogP contribution in [0.2, 0.25) is 5.02 Å². The third-order valence-electron chi connectivity index (χ3n) is 3.78. The van der Waals surface area contributed by atoms with E-state index < -0.39 is 0 Å². The molecule has 1 N–H and O–H groups in total. The lowest BCUT2D eigenvalue weighted by Crippen LogP contribution is -2.10. The van der Waals surface area contributed by atoms with Crippen molar-refractivity contribution in [3.63, 3.8) is 0 Å².